The fourth-order valence-electron chi connectivity index (χ4n) is 0.980. The van der Waals surface area contributed by atoms with Gasteiger partial charge in [0.25, 0.3) is 0 Å². The maximum Gasteiger partial charge on any atom is 0.176 e. The van der Waals surface area contributed by atoms with Crippen LogP contribution in [0.15, 0.2) is 24.3 Å². The molecule has 0 spiro atoms. The van der Waals surface area contributed by atoms with Crippen LogP contribution in [0.1, 0.15) is 23.7 Å². The molecular weight excluding hydrogens is 343 g/mol. The summed E-state index contributed by atoms with van der Waals surface area (Å²) in [6.45, 7) is 1.99. The third kappa shape index (κ3) is 3.06. The van der Waals surface area contributed by atoms with Crippen LogP contribution in [0.3, 0.4) is 0 Å². The van der Waals surface area contributed by atoms with Crippen molar-refractivity contribution in [2.24, 2.45) is 0 Å². The van der Waals surface area contributed by atoms with E-state index in [2.05, 4.69) is 38.5 Å². The van der Waals surface area contributed by atoms with Gasteiger partial charge in [0, 0.05) is 9.13 Å². The summed E-state index contributed by atoms with van der Waals surface area (Å²) >= 11 is 5.57. The molecule has 0 aliphatic rings. The first kappa shape index (κ1) is 11.2. The van der Waals surface area contributed by atoms with E-state index in [0.29, 0.717) is 0 Å². The zero-order valence-corrected chi connectivity index (χ0v) is 11.0. The SMILES string of the molecule is CCC(Br)C(=O)c1ccc(I)cc1. The highest BCUT2D eigenvalue weighted by Gasteiger charge is 2.13. The van der Waals surface area contributed by atoms with Gasteiger partial charge in [-0.05, 0) is 41.1 Å². The van der Waals surface area contributed by atoms with Gasteiger partial charge in [0.15, 0.2) is 5.78 Å². The maximum atomic E-state index is 11.6. The van der Waals surface area contributed by atoms with E-state index in [-0.39, 0.29) is 10.6 Å². The summed E-state index contributed by atoms with van der Waals surface area (Å²) in [6.07, 6.45) is 0.824. The quantitative estimate of drug-likeness (QED) is 0.461. The molecule has 0 aliphatic carbocycles. The Balaban J connectivity index is 2.83. The predicted octanol–water partition coefficient (Wildman–Crippen LogP) is 3.65. The van der Waals surface area contributed by atoms with E-state index >= 15 is 0 Å². The predicted molar refractivity (Wildman–Crippen MR) is 66.5 cm³/mol. The Bertz CT molecular complexity index is 294. The van der Waals surface area contributed by atoms with Crippen LogP contribution in [0, 0.1) is 3.57 Å². The van der Waals surface area contributed by atoms with Gasteiger partial charge in [0.05, 0.1) is 4.83 Å². The second-order valence-corrected chi connectivity index (χ2v) is 5.10. The zero-order chi connectivity index (χ0) is 9.84. The van der Waals surface area contributed by atoms with Crippen molar-refractivity contribution in [3.63, 3.8) is 0 Å². The number of carbonyl (C=O) groups excluding carboxylic acids is 1. The Morgan fingerprint density at radius 3 is 2.46 bits per heavy atom. The van der Waals surface area contributed by atoms with Gasteiger partial charge in [-0.1, -0.05) is 35.0 Å². The summed E-state index contributed by atoms with van der Waals surface area (Å²) in [5, 5.41) is 0. The fourth-order valence-corrected chi connectivity index (χ4v) is 1.60. The van der Waals surface area contributed by atoms with E-state index < -0.39 is 0 Å². The molecule has 1 unspecified atom stereocenters. The van der Waals surface area contributed by atoms with Crippen molar-refractivity contribution >= 4 is 44.3 Å². The van der Waals surface area contributed by atoms with Gasteiger partial charge in [-0.2, -0.15) is 0 Å². The van der Waals surface area contributed by atoms with Crippen molar-refractivity contribution in [1.29, 1.82) is 0 Å². The third-order valence-corrected chi connectivity index (χ3v) is 3.55. The van der Waals surface area contributed by atoms with Gasteiger partial charge in [0.2, 0.25) is 0 Å². The molecule has 70 valence electrons. The summed E-state index contributed by atoms with van der Waals surface area (Å²) in [4.78, 5) is 11.6. The summed E-state index contributed by atoms with van der Waals surface area (Å²) < 4.78 is 1.15. The van der Waals surface area contributed by atoms with Gasteiger partial charge in [-0.25, -0.2) is 0 Å². The van der Waals surface area contributed by atoms with Crippen molar-refractivity contribution < 1.29 is 4.79 Å². The molecule has 0 aliphatic heterocycles. The van der Waals surface area contributed by atoms with E-state index in [4.69, 9.17) is 0 Å². The number of hydrogen-bond acceptors (Lipinski definition) is 1. The van der Waals surface area contributed by atoms with Crippen molar-refractivity contribution in [2.75, 3.05) is 0 Å². The maximum absolute atomic E-state index is 11.6. The number of hydrogen-bond donors (Lipinski definition) is 0. The lowest BCUT2D eigenvalue weighted by Gasteiger charge is -2.05. The number of halogens is 2. The summed E-state index contributed by atoms with van der Waals surface area (Å²) in [7, 11) is 0. The van der Waals surface area contributed by atoms with Crippen molar-refractivity contribution in [1.82, 2.24) is 0 Å². The number of alkyl halides is 1. The molecule has 0 heterocycles. The molecule has 1 aromatic carbocycles. The number of rotatable bonds is 3. The van der Waals surface area contributed by atoms with Gasteiger partial charge >= 0.3 is 0 Å². The summed E-state index contributed by atoms with van der Waals surface area (Å²) in [6, 6.07) is 7.63. The lowest BCUT2D eigenvalue weighted by Crippen LogP contribution is -2.12. The Hall–Kier alpha value is 0.1000. The molecule has 13 heavy (non-hydrogen) atoms. The average Bonchev–Trinajstić information content (AvgIpc) is 2.17. The molecule has 0 aromatic heterocycles. The minimum atomic E-state index is -0.0486. The monoisotopic (exact) mass is 352 g/mol. The molecule has 0 amide bonds. The third-order valence-electron chi connectivity index (χ3n) is 1.77. The number of benzene rings is 1. The molecule has 0 saturated heterocycles. The van der Waals surface area contributed by atoms with E-state index in [9.17, 15) is 4.79 Å². The second-order valence-electron chi connectivity index (χ2n) is 2.75. The van der Waals surface area contributed by atoms with Crippen LogP contribution in [0.5, 0.6) is 0 Å². The van der Waals surface area contributed by atoms with Crippen LogP contribution < -0.4 is 0 Å². The van der Waals surface area contributed by atoms with Gasteiger partial charge in [0.1, 0.15) is 0 Å². The average molecular weight is 353 g/mol. The standard InChI is InChI=1S/C10H10BrIO/c1-2-9(11)10(13)7-3-5-8(12)6-4-7/h3-6,9H,2H2,1H3. The molecule has 0 fully saturated rings. The van der Waals surface area contributed by atoms with Crippen LogP contribution in [0.4, 0.5) is 0 Å². The normalized spacial score (nSPS) is 12.5. The molecule has 1 aromatic rings. The molecule has 3 heteroatoms. The molecule has 1 nitrogen and oxygen atoms in total. The number of carbonyl (C=O) groups is 1. The Labute approximate surface area is 100 Å². The van der Waals surface area contributed by atoms with E-state index in [1.165, 1.54) is 0 Å². The van der Waals surface area contributed by atoms with Gasteiger partial charge < -0.3 is 0 Å². The van der Waals surface area contributed by atoms with Crippen LogP contribution in [0.25, 0.3) is 0 Å². The van der Waals surface area contributed by atoms with Crippen molar-refractivity contribution in [2.45, 2.75) is 18.2 Å². The number of ketones is 1. The largest absolute Gasteiger partial charge is 0.293 e. The Morgan fingerprint density at radius 1 is 1.46 bits per heavy atom. The highest BCUT2D eigenvalue weighted by molar-refractivity contribution is 14.1. The molecule has 1 rings (SSSR count). The van der Waals surface area contributed by atoms with Crippen molar-refractivity contribution in [3.8, 4) is 0 Å². The lowest BCUT2D eigenvalue weighted by molar-refractivity contribution is 0.0990. The summed E-state index contributed by atoms with van der Waals surface area (Å²) in [5.74, 6) is 0.166. The topological polar surface area (TPSA) is 17.1 Å². The first-order chi connectivity index (χ1) is 6.15. The molecule has 0 radical (unpaired) electrons. The minimum Gasteiger partial charge on any atom is -0.293 e. The first-order valence-electron chi connectivity index (χ1n) is 4.09. The van der Waals surface area contributed by atoms with Gasteiger partial charge in [-0.15, -0.1) is 0 Å². The first-order valence-corrected chi connectivity index (χ1v) is 6.08. The smallest absolute Gasteiger partial charge is 0.176 e. The Morgan fingerprint density at radius 2 is 2.00 bits per heavy atom. The van der Waals surface area contributed by atoms with Crippen LogP contribution >= 0.6 is 38.5 Å². The van der Waals surface area contributed by atoms with Crippen LogP contribution in [0.2, 0.25) is 0 Å². The van der Waals surface area contributed by atoms with E-state index in [1.54, 1.807) is 0 Å². The molecular formula is C10H10BrIO. The zero-order valence-electron chi connectivity index (χ0n) is 7.26. The molecule has 0 saturated carbocycles. The van der Waals surface area contributed by atoms with Crippen LogP contribution in [-0.4, -0.2) is 10.6 Å². The Kier molecular flexibility index (Phi) is 4.38. The van der Waals surface area contributed by atoms with Crippen LogP contribution in [-0.2, 0) is 0 Å². The highest BCUT2D eigenvalue weighted by Crippen LogP contribution is 2.14. The van der Waals surface area contributed by atoms with Crippen molar-refractivity contribution in [3.05, 3.63) is 33.4 Å². The van der Waals surface area contributed by atoms with E-state index in [1.807, 2.05) is 31.2 Å². The fraction of sp³-hybridized carbons (Fsp3) is 0.300. The lowest BCUT2D eigenvalue weighted by atomic mass is 10.1. The number of Topliss-reactive ketones (excluding diaryl/α,β-unsaturated/α-hetero) is 1. The summed E-state index contributed by atoms with van der Waals surface area (Å²) in [5.41, 5.74) is 0.782. The second kappa shape index (κ2) is 5.10. The highest BCUT2D eigenvalue weighted by atomic mass is 127. The molecule has 1 atom stereocenters. The molecule has 0 bridgehead atoms. The van der Waals surface area contributed by atoms with E-state index in [0.717, 1.165) is 15.6 Å². The van der Waals surface area contributed by atoms with Gasteiger partial charge in [-0.3, -0.25) is 4.79 Å². The minimum absolute atomic E-state index is 0.0486. The molecule has 0 N–H and O–H groups in total.